The van der Waals surface area contributed by atoms with Crippen molar-refractivity contribution in [2.45, 2.75) is 19.8 Å². The number of nitrogens with zero attached hydrogens (tertiary/aromatic N) is 1. The van der Waals surface area contributed by atoms with Crippen LogP contribution in [0.1, 0.15) is 40.5 Å². The molecule has 2 heterocycles. The van der Waals surface area contributed by atoms with Crippen LogP contribution >= 0.6 is 0 Å². The number of benzene rings is 1. The van der Waals surface area contributed by atoms with Gasteiger partial charge in [0.15, 0.2) is 11.6 Å². The average Bonchev–Trinajstić information content (AvgIpc) is 2.66. The zero-order valence-corrected chi connectivity index (χ0v) is 11.7. The zero-order valence-electron chi connectivity index (χ0n) is 11.7. The number of halogens is 2. The highest BCUT2D eigenvalue weighted by atomic mass is 19.2. The van der Waals surface area contributed by atoms with E-state index in [1.807, 2.05) is 6.92 Å². The van der Waals surface area contributed by atoms with E-state index >= 15 is 0 Å². The van der Waals surface area contributed by atoms with Crippen LogP contribution in [0.2, 0.25) is 0 Å². The molecule has 1 atom stereocenters. The van der Waals surface area contributed by atoms with Crippen molar-refractivity contribution >= 4 is 11.8 Å². The molecule has 0 radical (unpaired) electrons. The van der Waals surface area contributed by atoms with E-state index < -0.39 is 23.4 Å². The van der Waals surface area contributed by atoms with Crippen molar-refractivity contribution in [2.24, 2.45) is 5.41 Å². The molecule has 6 heteroatoms. The second-order valence-corrected chi connectivity index (χ2v) is 6.10. The molecule has 112 valence electrons. The number of piperidine rings is 1. The lowest BCUT2D eigenvalue weighted by atomic mass is 9.82. The van der Waals surface area contributed by atoms with E-state index in [9.17, 15) is 18.4 Å². The highest BCUT2D eigenvalue weighted by Crippen LogP contribution is 2.32. The Morgan fingerprint density at radius 3 is 2.24 bits per heavy atom. The van der Waals surface area contributed by atoms with E-state index in [0.29, 0.717) is 6.54 Å². The Balaban J connectivity index is 1.89. The van der Waals surface area contributed by atoms with E-state index in [-0.39, 0.29) is 23.1 Å². The average molecular weight is 294 g/mol. The van der Waals surface area contributed by atoms with Crippen LogP contribution < -0.4 is 5.32 Å². The molecule has 21 heavy (non-hydrogen) atoms. The lowest BCUT2D eigenvalue weighted by molar-refractivity contribution is 0.0555. The summed E-state index contributed by atoms with van der Waals surface area (Å²) in [5.74, 6) is -3.30. The lowest BCUT2D eigenvalue weighted by Crippen LogP contribution is -2.47. The second-order valence-electron chi connectivity index (χ2n) is 6.10. The molecule has 1 fully saturated rings. The first-order valence-electron chi connectivity index (χ1n) is 6.97. The predicted molar refractivity (Wildman–Crippen MR) is 71.9 cm³/mol. The molecule has 1 aromatic carbocycles. The molecule has 3 rings (SSSR count). The van der Waals surface area contributed by atoms with Crippen LogP contribution in [0.15, 0.2) is 12.1 Å². The van der Waals surface area contributed by atoms with Crippen LogP contribution in [-0.2, 0) is 0 Å². The summed E-state index contributed by atoms with van der Waals surface area (Å²) in [6, 6.07) is 1.62. The second kappa shape index (κ2) is 4.87. The van der Waals surface area contributed by atoms with Crippen LogP contribution in [-0.4, -0.2) is 36.3 Å². The third-order valence-electron chi connectivity index (χ3n) is 4.24. The Labute approximate surface area is 121 Å². The summed E-state index contributed by atoms with van der Waals surface area (Å²) >= 11 is 0. The molecule has 1 aromatic rings. The predicted octanol–water partition coefficient (Wildman–Crippen LogP) is 1.95. The van der Waals surface area contributed by atoms with Crippen molar-refractivity contribution in [3.63, 3.8) is 0 Å². The van der Waals surface area contributed by atoms with E-state index in [1.54, 1.807) is 0 Å². The summed E-state index contributed by atoms with van der Waals surface area (Å²) in [5, 5.41) is 3.25. The maximum Gasteiger partial charge on any atom is 0.261 e. The van der Waals surface area contributed by atoms with Gasteiger partial charge in [0.1, 0.15) is 0 Å². The number of fused-ring (bicyclic) bond motifs is 1. The molecule has 0 spiro atoms. The van der Waals surface area contributed by atoms with Crippen LogP contribution in [0.25, 0.3) is 0 Å². The van der Waals surface area contributed by atoms with Gasteiger partial charge in [-0.05, 0) is 36.9 Å². The van der Waals surface area contributed by atoms with Crippen molar-refractivity contribution in [2.75, 3.05) is 19.6 Å². The third kappa shape index (κ3) is 2.33. The van der Waals surface area contributed by atoms with Crippen molar-refractivity contribution < 1.29 is 18.4 Å². The van der Waals surface area contributed by atoms with Gasteiger partial charge in [0, 0.05) is 13.1 Å². The number of carbonyl (C=O) groups excluding carboxylic acids is 2. The minimum absolute atomic E-state index is 0.0498. The number of rotatable bonds is 2. The fourth-order valence-electron chi connectivity index (χ4n) is 3.06. The molecule has 4 nitrogen and oxygen atoms in total. The van der Waals surface area contributed by atoms with Gasteiger partial charge in [0.05, 0.1) is 11.1 Å². The molecule has 1 saturated heterocycles. The Morgan fingerprint density at radius 1 is 1.19 bits per heavy atom. The molecule has 0 aliphatic carbocycles. The molecule has 1 N–H and O–H groups in total. The van der Waals surface area contributed by atoms with Crippen molar-refractivity contribution in [1.82, 2.24) is 10.2 Å². The highest BCUT2D eigenvalue weighted by molar-refractivity contribution is 6.21. The first kappa shape index (κ1) is 14.1. The number of carbonyl (C=O) groups is 2. The molecular weight excluding hydrogens is 278 g/mol. The summed E-state index contributed by atoms with van der Waals surface area (Å²) in [4.78, 5) is 25.7. The lowest BCUT2D eigenvalue weighted by Gasteiger charge is -2.36. The zero-order chi connectivity index (χ0) is 15.2. The Morgan fingerprint density at radius 2 is 1.76 bits per heavy atom. The number of imide groups is 1. The van der Waals surface area contributed by atoms with Crippen LogP contribution in [0.3, 0.4) is 0 Å². The molecule has 1 unspecified atom stereocenters. The highest BCUT2D eigenvalue weighted by Gasteiger charge is 2.41. The van der Waals surface area contributed by atoms with Crippen LogP contribution in [0.5, 0.6) is 0 Å². The Hall–Kier alpha value is -1.82. The SMILES string of the molecule is CC1(CN2C(=O)c3cc(F)c(F)cc3C2=O)CCCNC1. The van der Waals surface area contributed by atoms with Gasteiger partial charge >= 0.3 is 0 Å². The fourth-order valence-corrected chi connectivity index (χ4v) is 3.06. The summed E-state index contributed by atoms with van der Waals surface area (Å²) in [6.45, 7) is 3.90. The first-order chi connectivity index (χ1) is 9.91. The number of nitrogens with one attached hydrogen (secondary N) is 1. The first-order valence-corrected chi connectivity index (χ1v) is 6.97. The van der Waals surface area contributed by atoms with Gasteiger partial charge in [-0.2, -0.15) is 0 Å². The number of hydrogen-bond donors (Lipinski definition) is 1. The number of amides is 2. The van der Waals surface area contributed by atoms with Gasteiger partial charge < -0.3 is 5.32 Å². The van der Waals surface area contributed by atoms with Crippen molar-refractivity contribution in [1.29, 1.82) is 0 Å². The summed E-state index contributed by atoms with van der Waals surface area (Å²) < 4.78 is 26.5. The summed E-state index contributed by atoms with van der Waals surface area (Å²) in [6.07, 6.45) is 1.87. The maximum atomic E-state index is 13.3. The third-order valence-corrected chi connectivity index (χ3v) is 4.24. The Kier molecular flexibility index (Phi) is 3.28. The van der Waals surface area contributed by atoms with Crippen LogP contribution in [0, 0.1) is 17.0 Å². The molecular formula is C15H16F2N2O2. The van der Waals surface area contributed by atoms with E-state index in [2.05, 4.69) is 5.32 Å². The molecule has 0 aromatic heterocycles. The Bertz CT molecular complexity index is 583. The molecule has 2 amide bonds. The topological polar surface area (TPSA) is 49.4 Å². The van der Waals surface area contributed by atoms with Gasteiger partial charge in [0.2, 0.25) is 0 Å². The smallest absolute Gasteiger partial charge is 0.261 e. The van der Waals surface area contributed by atoms with Gasteiger partial charge in [-0.25, -0.2) is 8.78 Å². The van der Waals surface area contributed by atoms with Gasteiger partial charge in [0.25, 0.3) is 11.8 Å². The minimum Gasteiger partial charge on any atom is -0.316 e. The quantitative estimate of drug-likeness (QED) is 0.848. The van der Waals surface area contributed by atoms with E-state index in [4.69, 9.17) is 0 Å². The van der Waals surface area contributed by atoms with Gasteiger partial charge in [-0.15, -0.1) is 0 Å². The van der Waals surface area contributed by atoms with E-state index in [0.717, 1.165) is 36.4 Å². The fraction of sp³-hybridized carbons (Fsp3) is 0.467. The molecule has 0 saturated carbocycles. The normalized spacial score (nSPS) is 25.4. The van der Waals surface area contributed by atoms with Crippen molar-refractivity contribution in [3.05, 3.63) is 34.9 Å². The van der Waals surface area contributed by atoms with Crippen molar-refractivity contribution in [3.8, 4) is 0 Å². The molecule has 0 bridgehead atoms. The van der Waals surface area contributed by atoms with Gasteiger partial charge in [-0.1, -0.05) is 6.92 Å². The van der Waals surface area contributed by atoms with Crippen LogP contribution in [0.4, 0.5) is 8.78 Å². The largest absolute Gasteiger partial charge is 0.316 e. The summed E-state index contributed by atoms with van der Waals surface area (Å²) in [5.41, 5.74) is -0.305. The molecule has 2 aliphatic heterocycles. The number of hydrogen-bond acceptors (Lipinski definition) is 3. The molecule has 2 aliphatic rings. The minimum atomic E-state index is -1.11. The standard InChI is InChI=1S/C15H16F2N2O2/c1-15(3-2-4-18-7-15)8-19-13(20)9-5-11(16)12(17)6-10(9)14(19)21/h5-6,18H,2-4,7-8H2,1H3. The monoisotopic (exact) mass is 294 g/mol. The van der Waals surface area contributed by atoms with Gasteiger partial charge in [-0.3, -0.25) is 14.5 Å². The summed E-state index contributed by atoms with van der Waals surface area (Å²) in [7, 11) is 0. The van der Waals surface area contributed by atoms with E-state index in [1.165, 1.54) is 0 Å². The maximum absolute atomic E-state index is 13.3.